The maximum atomic E-state index is 11.1. The number of halogens is 1. The van der Waals surface area contributed by atoms with Gasteiger partial charge in [-0.1, -0.05) is 0 Å². The third kappa shape index (κ3) is 3.17. The largest absolute Gasteiger partial charge is 0.496 e. The van der Waals surface area contributed by atoms with Crippen LogP contribution in [0.4, 0.5) is 23.0 Å². The summed E-state index contributed by atoms with van der Waals surface area (Å²) in [7, 11) is 1.54. The zero-order chi connectivity index (χ0) is 15.4. The molecule has 0 radical (unpaired) electrons. The molecule has 0 spiro atoms. The number of methoxy groups -OCH3 is 1. The molecule has 2 aromatic rings. The second-order valence-electron chi connectivity index (χ2n) is 3.80. The summed E-state index contributed by atoms with van der Waals surface area (Å²) in [4.78, 5) is 18.1. The van der Waals surface area contributed by atoms with Gasteiger partial charge in [0, 0.05) is 5.69 Å². The van der Waals surface area contributed by atoms with Crippen molar-refractivity contribution in [2.24, 2.45) is 5.84 Å². The summed E-state index contributed by atoms with van der Waals surface area (Å²) in [5.41, 5.74) is 2.42. The first-order valence-electron chi connectivity index (χ1n) is 5.63. The quantitative estimate of drug-likeness (QED) is 0.423. The highest BCUT2D eigenvalue weighted by atomic mass is 79.9. The molecule has 0 aliphatic heterocycles. The van der Waals surface area contributed by atoms with Gasteiger partial charge >= 0.3 is 5.69 Å². The van der Waals surface area contributed by atoms with E-state index in [9.17, 15) is 10.1 Å². The van der Waals surface area contributed by atoms with Crippen molar-refractivity contribution in [3.8, 4) is 5.75 Å². The van der Waals surface area contributed by atoms with E-state index in [-0.39, 0.29) is 17.3 Å². The molecule has 0 fully saturated rings. The fraction of sp³-hybridized carbons (Fsp3) is 0.0909. The van der Waals surface area contributed by atoms with E-state index in [4.69, 9.17) is 10.6 Å². The van der Waals surface area contributed by atoms with Crippen LogP contribution in [-0.4, -0.2) is 22.0 Å². The first-order chi connectivity index (χ1) is 10.1. The number of hydrogen-bond acceptors (Lipinski definition) is 8. The third-order valence-electron chi connectivity index (χ3n) is 2.56. The number of anilines is 3. The van der Waals surface area contributed by atoms with Crippen LogP contribution in [0.1, 0.15) is 0 Å². The molecule has 21 heavy (non-hydrogen) atoms. The molecule has 0 aliphatic rings. The fourth-order valence-electron chi connectivity index (χ4n) is 1.63. The Hall–Kier alpha value is -2.46. The van der Waals surface area contributed by atoms with Crippen LogP contribution >= 0.6 is 15.9 Å². The number of hydrogen-bond donors (Lipinski definition) is 3. The molecule has 0 amide bonds. The van der Waals surface area contributed by atoms with Crippen LogP contribution in [-0.2, 0) is 0 Å². The molecule has 2 rings (SSSR count). The topological polar surface area (TPSA) is 128 Å². The van der Waals surface area contributed by atoms with Crippen LogP contribution in [0.5, 0.6) is 5.75 Å². The van der Waals surface area contributed by atoms with Gasteiger partial charge in [0.15, 0.2) is 0 Å². The second-order valence-corrected chi connectivity index (χ2v) is 4.65. The number of ether oxygens (including phenoxy) is 1. The first kappa shape index (κ1) is 14.9. The molecule has 10 heteroatoms. The summed E-state index contributed by atoms with van der Waals surface area (Å²) < 4.78 is 5.81. The van der Waals surface area contributed by atoms with Crippen LogP contribution in [0.25, 0.3) is 0 Å². The van der Waals surface area contributed by atoms with Crippen LogP contribution in [0.15, 0.2) is 29.0 Å². The van der Waals surface area contributed by atoms with Gasteiger partial charge < -0.3 is 15.5 Å². The zero-order valence-electron chi connectivity index (χ0n) is 10.8. The number of nitrogens with two attached hydrogens (primary N) is 1. The van der Waals surface area contributed by atoms with Crippen molar-refractivity contribution in [1.29, 1.82) is 0 Å². The van der Waals surface area contributed by atoms with Gasteiger partial charge in [0.2, 0.25) is 11.6 Å². The maximum Gasteiger partial charge on any atom is 0.354 e. The fourth-order valence-corrected chi connectivity index (χ4v) is 2.17. The highest BCUT2D eigenvalue weighted by Crippen LogP contribution is 2.33. The molecule has 4 N–H and O–H groups in total. The minimum absolute atomic E-state index is 0.0278. The van der Waals surface area contributed by atoms with E-state index in [2.05, 4.69) is 36.6 Å². The van der Waals surface area contributed by atoms with Crippen molar-refractivity contribution in [2.75, 3.05) is 17.9 Å². The van der Waals surface area contributed by atoms with Gasteiger partial charge in [-0.05, 0) is 34.1 Å². The maximum absolute atomic E-state index is 11.1. The average Bonchev–Trinajstić information content (AvgIpc) is 2.46. The molecule has 0 atom stereocenters. The molecule has 1 aromatic carbocycles. The Labute approximate surface area is 127 Å². The van der Waals surface area contributed by atoms with Crippen molar-refractivity contribution in [3.63, 3.8) is 0 Å². The van der Waals surface area contributed by atoms with Crippen LogP contribution in [0, 0.1) is 10.1 Å². The van der Waals surface area contributed by atoms with E-state index in [1.807, 2.05) is 0 Å². The third-order valence-corrected chi connectivity index (χ3v) is 3.18. The van der Waals surface area contributed by atoms with E-state index in [0.29, 0.717) is 15.9 Å². The first-order valence-corrected chi connectivity index (χ1v) is 6.42. The van der Waals surface area contributed by atoms with E-state index >= 15 is 0 Å². The van der Waals surface area contributed by atoms with Crippen LogP contribution < -0.4 is 21.3 Å². The monoisotopic (exact) mass is 354 g/mol. The van der Waals surface area contributed by atoms with Crippen molar-refractivity contribution >= 4 is 38.9 Å². The number of hydrazine groups is 1. The second kappa shape index (κ2) is 6.33. The molecule has 9 nitrogen and oxygen atoms in total. The van der Waals surface area contributed by atoms with Crippen LogP contribution in [0.3, 0.4) is 0 Å². The van der Waals surface area contributed by atoms with Gasteiger partial charge in [0.1, 0.15) is 12.1 Å². The lowest BCUT2D eigenvalue weighted by Gasteiger charge is -2.09. The molecule has 0 aliphatic carbocycles. The summed E-state index contributed by atoms with van der Waals surface area (Å²) in [5.74, 6) is 5.81. The van der Waals surface area contributed by atoms with Gasteiger partial charge in [-0.25, -0.2) is 15.8 Å². The Morgan fingerprint density at radius 3 is 2.67 bits per heavy atom. The SMILES string of the molecule is COc1ccc(Nc2ncnc(NN)c2[N+](=O)[O-])cc1Br. The minimum Gasteiger partial charge on any atom is -0.496 e. The average molecular weight is 355 g/mol. The Balaban J connectivity index is 2.40. The van der Waals surface area contributed by atoms with Gasteiger partial charge in [0.05, 0.1) is 16.5 Å². The van der Waals surface area contributed by atoms with Gasteiger partial charge in [-0.15, -0.1) is 0 Å². The molecule has 1 heterocycles. The summed E-state index contributed by atoms with van der Waals surface area (Å²) >= 11 is 3.33. The van der Waals surface area contributed by atoms with E-state index in [0.717, 1.165) is 0 Å². The molecular weight excluding hydrogens is 344 g/mol. The van der Waals surface area contributed by atoms with Crippen molar-refractivity contribution in [1.82, 2.24) is 9.97 Å². The number of nitrogen functional groups attached to an aromatic ring is 1. The summed E-state index contributed by atoms with van der Waals surface area (Å²) in [6, 6.07) is 5.12. The number of nitrogens with zero attached hydrogens (tertiary/aromatic N) is 3. The lowest BCUT2D eigenvalue weighted by molar-refractivity contribution is -0.383. The molecule has 1 aromatic heterocycles. The molecule has 0 saturated heterocycles. The zero-order valence-corrected chi connectivity index (χ0v) is 12.4. The molecular formula is C11H11BrN6O3. The van der Waals surface area contributed by atoms with E-state index in [1.54, 1.807) is 25.3 Å². The Morgan fingerprint density at radius 2 is 2.10 bits per heavy atom. The minimum atomic E-state index is -0.615. The summed E-state index contributed by atoms with van der Waals surface area (Å²) in [6.07, 6.45) is 1.17. The highest BCUT2D eigenvalue weighted by Gasteiger charge is 2.22. The standard InChI is InChI=1S/C11H11BrN6O3/c1-21-8-3-2-6(4-7(8)12)16-10-9(18(19)20)11(17-13)15-5-14-10/h2-5H,13H2,1H3,(H2,14,15,16,17). The normalized spacial score (nSPS) is 10.0. The molecule has 110 valence electrons. The van der Waals surface area contributed by atoms with Gasteiger partial charge in [0.25, 0.3) is 0 Å². The lowest BCUT2D eigenvalue weighted by Crippen LogP contribution is -2.12. The number of nitrogens with one attached hydrogen (secondary N) is 2. The van der Waals surface area contributed by atoms with E-state index < -0.39 is 4.92 Å². The Morgan fingerprint density at radius 1 is 1.38 bits per heavy atom. The Bertz CT molecular complexity index is 681. The van der Waals surface area contributed by atoms with E-state index in [1.165, 1.54) is 6.33 Å². The van der Waals surface area contributed by atoms with Gasteiger partial charge in [-0.2, -0.15) is 0 Å². The van der Waals surface area contributed by atoms with Crippen molar-refractivity contribution in [3.05, 3.63) is 39.1 Å². The molecule has 0 saturated carbocycles. The number of rotatable bonds is 5. The lowest BCUT2D eigenvalue weighted by atomic mass is 10.3. The molecule has 0 bridgehead atoms. The summed E-state index contributed by atoms with van der Waals surface area (Å²) in [6.45, 7) is 0. The smallest absolute Gasteiger partial charge is 0.354 e. The number of aromatic nitrogens is 2. The highest BCUT2D eigenvalue weighted by molar-refractivity contribution is 9.10. The number of nitro groups is 1. The molecule has 0 unspecified atom stereocenters. The summed E-state index contributed by atoms with van der Waals surface area (Å²) in [5, 5.41) is 14.0. The van der Waals surface area contributed by atoms with Crippen molar-refractivity contribution in [2.45, 2.75) is 0 Å². The number of benzene rings is 1. The van der Waals surface area contributed by atoms with Gasteiger partial charge in [-0.3, -0.25) is 10.1 Å². The predicted molar refractivity (Wildman–Crippen MR) is 80.5 cm³/mol. The van der Waals surface area contributed by atoms with Crippen LogP contribution in [0.2, 0.25) is 0 Å². The Kier molecular flexibility index (Phi) is 4.50. The predicted octanol–water partition coefficient (Wildman–Crippen LogP) is 2.19. The van der Waals surface area contributed by atoms with Crippen molar-refractivity contribution < 1.29 is 9.66 Å².